The van der Waals surface area contributed by atoms with Crippen molar-refractivity contribution in [1.29, 1.82) is 0 Å². The van der Waals surface area contributed by atoms with Gasteiger partial charge in [0.15, 0.2) is 0 Å². The summed E-state index contributed by atoms with van der Waals surface area (Å²) in [5.74, 6) is -0.156. The summed E-state index contributed by atoms with van der Waals surface area (Å²) < 4.78 is 5.35. The molecule has 0 radical (unpaired) electrons. The molecule has 160 valence electrons. The first-order chi connectivity index (χ1) is 14.6. The number of carbonyl (C=O) groups is 2. The minimum atomic E-state index is -0.910. The van der Waals surface area contributed by atoms with Gasteiger partial charge in [-0.2, -0.15) is 0 Å². The van der Waals surface area contributed by atoms with Crippen LogP contribution in [0.1, 0.15) is 37.7 Å². The predicted octanol–water partition coefficient (Wildman–Crippen LogP) is 4.50. The van der Waals surface area contributed by atoms with Gasteiger partial charge >= 0.3 is 6.09 Å². The van der Waals surface area contributed by atoms with Gasteiger partial charge in [0.05, 0.1) is 0 Å². The van der Waals surface area contributed by atoms with Crippen LogP contribution in [-0.2, 0) is 16.1 Å². The van der Waals surface area contributed by atoms with E-state index in [-0.39, 0.29) is 12.5 Å². The molecular formula is C23H28ClN3O3. The third-order valence-corrected chi connectivity index (χ3v) is 5.53. The largest absolute Gasteiger partial charge is 0.445 e. The second kappa shape index (κ2) is 10.9. The number of halogens is 1. The van der Waals surface area contributed by atoms with Crippen LogP contribution >= 0.6 is 11.6 Å². The van der Waals surface area contributed by atoms with Gasteiger partial charge in [0.25, 0.3) is 0 Å². The smallest absolute Gasteiger partial charge is 0.408 e. The summed E-state index contributed by atoms with van der Waals surface area (Å²) in [6, 6.07) is 16.9. The van der Waals surface area contributed by atoms with E-state index in [9.17, 15) is 9.59 Å². The molecule has 1 aliphatic carbocycles. The quantitative estimate of drug-likeness (QED) is 0.540. The van der Waals surface area contributed by atoms with Crippen LogP contribution in [0.15, 0.2) is 54.6 Å². The first-order valence-corrected chi connectivity index (χ1v) is 10.7. The Balaban J connectivity index is 1.49. The van der Waals surface area contributed by atoms with Crippen molar-refractivity contribution in [3.63, 3.8) is 0 Å². The second-order valence-corrected chi connectivity index (χ2v) is 7.96. The van der Waals surface area contributed by atoms with Crippen molar-refractivity contribution < 1.29 is 14.3 Å². The fraction of sp³-hybridized carbons (Fsp3) is 0.391. The third kappa shape index (κ3) is 6.39. The van der Waals surface area contributed by atoms with Crippen LogP contribution in [0, 0.1) is 0 Å². The molecule has 2 aromatic carbocycles. The maximum Gasteiger partial charge on any atom is 0.408 e. The van der Waals surface area contributed by atoms with E-state index in [1.54, 1.807) is 0 Å². The molecule has 3 N–H and O–H groups in total. The molecule has 1 fully saturated rings. The number of alkyl carbamates (subject to hydrolysis) is 1. The Hall–Kier alpha value is -2.73. The standard InChI is InChI=1S/C23H28ClN3O3/c24-19-9-11-20(12-10-19)25-15-16-26-21(28)23(13-5-2-6-14-23)27-22(29)30-17-18-7-3-1-4-8-18/h1,3-4,7-12,25H,2,5-6,13-17H2,(H,26,28)(H,27,29). The van der Waals surface area contributed by atoms with Crippen molar-refractivity contribution in [2.24, 2.45) is 0 Å². The summed E-state index contributed by atoms with van der Waals surface area (Å²) in [4.78, 5) is 25.4. The Kier molecular flexibility index (Phi) is 7.97. The van der Waals surface area contributed by atoms with Crippen LogP contribution < -0.4 is 16.0 Å². The Bertz CT molecular complexity index is 821. The first kappa shape index (κ1) is 22.0. The van der Waals surface area contributed by atoms with Crippen molar-refractivity contribution >= 4 is 29.3 Å². The van der Waals surface area contributed by atoms with Gasteiger partial charge < -0.3 is 20.7 Å². The van der Waals surface area contributed by atoms with Crippen molar-refractivity contribution in [1.82, 2.24) is 10.6 Å². The molecule has 0 heterocycles. The van der Waals surface area contributed by atoms with Gasteiger partial charge in [-0.1, -0.05) is 61.2 Å². The van der Waals surface area contributed by atoms with Crippen LogP contribution in [0.25, 0.3) is 0 Å². The third-order valence-electron chi connectivity index (χ3n) is 5.28. The number of nitrogens with one attached hydrogen (secondary N) is 3. The van der Waals surface area contributed by atoms with Gasteiger partial charge in [0, 0.05) is 23.8 Å². The molecule has 2 aromatic rings. The van der Waals surface area contributed by atoms with E-state index < -0.39 is 11.6 Å². The Labute approximate surface area is 182 Å². The molecule has 0 spiro atoms. The van der Waals surface area contributed by atoms with Crippen LogP contribution in [0.4, 0.5) is 10.5 Å². The summed E-state index contributed by atoms with van der Waals surface area (Å²) in [5.41, 5.74) is 0.929. The SMILES string of the molecule is O=C(NC1(C(=O)NCCNc2ccc(Cl)cc2)CCCCC1)OCc1ccccc1. The summed E-state index contributed by atoms with van der Waals surface area (Å²) in [6.07, 6.45) is 3.53. The van der Waals surface area contributed by atoms with Crippen molar-refractivity contribution in [3.05, 3.63) is 65.2 Å². The van der Waals surface area contributed by atoms with Crippen LogP contribution in [-0.4, -0.2) is 30.6 Å². The molecule has 3 rings (SSSR count). The highest BCUT2D eigenvalue weighted by Gasteiger charge is 2.41. The highest BCUT2D eigenvalue weighted by atomic mass is 35.5. The van der Waals surface area contributed by atoms with E-state index in [1.807, 2.05) is 54.6 Å². The topological polar surface area (TPSA) is 79.5 Å². The monoisotopic (exact) mass is 429 g/mol. The molecule has 0 bridgehead atoms. The zero-order valence-corrected chi connectivity index (χ0v) is 17.7. The van der Waals surface area contributed by atoms with Crippen LogP contribution in [0.5, 0.6) is 0 Å². The maximum atomic E-state index is 13.0. The molecule has 0 aliphatic heterocycles. The van der Waals surface area contributed by atoms with E-state index in [4.69, 9.17) is 16.3 Å². The molecule has 0 atom stereocenters. The molecular weight excluding hydrogens is 402 g/mol. The number of carbonyl (C=O) groups excluding carboxylic acids is 2. The van der Waals surface area contributed by atoms with E-state index >= 15 is 0 Å². The molecule has 2 amide bonds. The number of hydrogen-bond acceptors (Lipinski definition) is 4. The van der Waals surface area contributed by atoms with Gasteiger partial charge in [-0.25, -0.2) is 4.79 Å². The molecule has 6 nitrogen and oxygen atoms in total. The minimum Gasteiger partial charge on any atom is -0.445 e. The van der Waals surface area contributed by atoms with Gasteiger partial charge in [0.1, 0.15) is 12.1 Å². The summed E-state index contributed by atoms with van der Waals surface area (Å²) in [5, 5.41) is 9.73. The number of rotatable bonds is 8. The van der Waals surface area contributed by atoms with Crippen LogP contribution in [0.3, 0.4) is 0 Å². The summed E-state index contributed by atoms with van der Waals surface area (Å²) >= 11 is 5.89. The highest BCUT2D eigenvalue weighted by molar-refractivity contribution is 6.30. The molecule has 1 saturated carbocycles. The van der Waals surface area contributed by atoms with Crippen molar-refractivity contribution in [2.75, 3.05) is 18.4 Å². The predicted molar refractivity (Wildman–Crippen MR) is 119 cm³/mol. The zero-order chi connectivity index (χ0) is 21.2. The Morgan fingerprint density at radius 3 is 2.33 bits per heavy atom. The van der Waals surface area contributed by atoms with Crippen LogP contribution in [0.2, 0.25) is 5.02 Å². The Morgan fingerprint density at radius 2 is 1.63 bits per heavy atom. The number of ether oxygens (including phenoxy) is 1. The normalized spacial score (nSPS) is 15.1. The van der Waals surface area contributed by atoms with E-state index in [0.717, 1.165) is 30.5 Å². The van der Waals surface area contributed by atoms with Crippen molar-refractivity contribution in [3.8, 4) is 0 Å². The second-order valence-electron chi connectivity index (χ2n) is 7.52. The number of benzene rings is 2. The maximum absolute atomic E-state index is 13.0. The Morgan fingerprint density at radius 1 is 0.933 bits per heavy atom. The average Bonchev–Trinajstić information content (AvgIpc) is 2.77. The van der Waals surface area contributed by atoms with Gasteiger partial charge in [-0.3, -0.25) is 4.79 Å². The molecule has 0 saturated heterocycles. The molecule has 1 aliphatic rings. The molecule has 30 heavy (non-hydrogen) atoms. The molecule has 0 aromatic heterocycles. The minimum absolute atomic E-state index is 0.156. The fourth-order valence-corrected chi connectivity index (χ4v) is 3.76. The van der Waals surface area contributed by atoms with Gasteiger partial charge in [0.2, 0.25) is 5.91 Å². The van der Waals surface area contributed by atoms with Gasteiger partial charge in [-0.15, -0.1) is 0 Å². The van der Waals surface area contributed by atoms with Crippen molar-refractivity contribution in [2.45, 2.75) is 44.2 Å². The highest BCUT2D eigenvalue weighted by Crippen LogP contribution is 2.28. The number of hydrogen-bond donors (Lipinski definition) is 3. The van der Waals surface area contributed by atoms with E-state index in [0.29, 0.717) is 31.0 Å². The van der Waals surface area contributed by atoms with E-state index in [1.165, 1.54) is 0 Å². The molecule has 0 unspecified atom stereocenters. The zero-order valence-electron chi connectivity index (χ0n) is 17.0. The average molecular weight is 430 g/mol. The fourth-order valence-electron chi connectivity index (χ4n) is 3.64. The lowest BCUT2D eigenvalue weighted by Gasteiger charge is -2.36. The summed E-state index contributed by atoms with van der Waals surface area (Å²) in [6.45, 7) is 1.20. The molecule has 7 heteroatoms. The first-order valence-electron chi connectivity index (χ1n) is 10.3. The van der Waals surface area contributed by atoms with Gasteiger partial charge in [-0.05, 0) is 42.7 Å². The summed E-state index contributed by atoms with van der Waals surface area (Å²) in [7, 11) is 0. The lowest BCUT2D eigenvalue weighted by Crippen LogP contribution is -2.60. The lowest BCUT2D eigenvalue weighted by molar-refractivity contribution is -0.128. The number of anilines is 1. The van der Waals surface area contributed by atoms with E-state index in [2.05, 4.69) is 16.0 Å². The number of amides is 2. The lowest BCUT2D eigenvalue weighted by atomic mass is 9.81.